The van der Waals surface area contributed by atoms with Gasteiger partial charge in [-0.3, -0.25) is 0 Å². The summed E-state index contributed by atoms with van der Waals surface area (Å²) in [6.45, 7) is 16.1. The first-order valence-corrected chi connectivity index (χ1v) is 12.4. The van der Waals surface area contributed by atoms with E-state index in [1.165, 1.54) is 59.1 Å². The number of hydrogen-bond donors (Lipinski definition) is 1. The van der Waals surface area contributed by atoms with E-state index in [1.807, 2.05) is 0 Å². The van der Waals surface area contributed by atoms with Gasteiger partial charge < -0.3 is 5.73 Å². The lowest BCUT2D eigenvalue weighted by Crippen LogP contribution is -2.03. The van der Waals surface area contributed by atoms with Gasteiger partial charge in [0, 0.05) is 6.54 Å². The summed E-state index contributed by atoms with van der Waals surface area (Å²) < 4.78 is 0. The molecule has 1 heteroatoms. The van der Waals surface area contributed by atoms with E-state index in [2.05, 4.69) is 84.9 Å². The molecule has 0 unspecified atom stereocenters. The van der Waals surface area contributed by atoms with Crippen molar-refractivity contribution < 1.29 is 0 Å². The lowest BCUT2D eigenvalue weighted by atomic mass is 10.0. The molecule has 0 radical (unpaired) electrons. The van der Waals surface area contributed by atoms with Crippen LogP contribution in [-0.2, 0) is 0 Å². The van der Waals surface area contributed by atoms with Gasteiger partial charge in [-0.25, -0.2) is 0 Å². The maximum Gasteiger partial charge on any atom is 0.0136 e. The van der Waals surface area contributed by atoms with Crippen LogP contribution < -0.4 is 5.73 Å². The van der Waals surface area contributed by atoms with Crippen molar-refractivity contribution in [1.29, 1.82) is 0 Å². The fourth-order valence-corrected chi connectivity index (χ4v) is 3.44. The Bertz CT molecular complexity index is 657. The van der Waals surface area contributed by atoms with Crippen LogP contribution in [-0.4, -0.2) is 6.54 Å². The van der Waals surface area contributed by atoms with E-state index in [-0.39, 0.29) is 0 Å². The standard InChI is InChI=1S/C30H51N/c1-25(2)14-10-18-29(7)20-12-19-27(5)16-8-9-17-28(6)21-13-23-30(24-31)22-11-15-26(3)4/h14-17,20,23H,8-13,18-19,21-22,24,31H2,1-7H3/b27-16+,28-17?,29-20+,30-23-. The number of unbranched alkanes of at least 4 members (excludes halogenated alkanes) is 1. The Kier molecular flexibility index (Phi) is 18.1. The Balaban J connectivity index is 4.15. The highest BCUT2D eigenvalue weighted by molar-refractivity contribution is 5.09. The van der Waals surface area contributed by atoms with Crippen LogP contribution in [0.1, 0.15) is 113 Å². The van der Waals surface area contributed by atoms with Crippen LogP contribution in [0, 0.1) is 0 Å². The molecule has 0 aliphatic rings. The van der Waals surface area contributed by atoms with Gasteiger partial charge in [-0.1, -0.05) is 69.9 Å². The Morgan fingerprint density at radius 2 is 0.806 bits per heavy atom. The second-order valence-electron chi connectivity index (χ2n) is 9.51. The minimum absolute atomic E-state index is 0.688. The quantitative estimate of drug-likeness (QED) is 0.193. The molecule has 0 spiro atoms. The van der Waals surface area contributed by atoms with Crippen LogP contribution in [0.4, 0.5) is 0 Å². The molecular formula is C30H51N. The molecule has 2 N–H and O–H groups in total. The monoisotopic (exact) mass is 425 g/mol. The van der Waals surface area contributed by atoms with Crippen LogP contribution >= 0.6 is 0 Å². The summed E-state index contributed by atoms with van der Waals surface area (Å²) in [6.07, 6.45) is 25.7. The van der Waals surface area contributed by atoms with Gasteiger partial charge in [0.15, 0.2) is 0 Å². The van der Waals surface area contributed by atoms with Gasteiger partial charge in [-0.2, -0.15) is 0 Å². The van der Waals surface area contributed by atoms with E-state index < -0.39 is 0 Å². The van der Waals surface area contributed by atoms with Gasteiger partial charge in [0.1, 0.15) is 0 Å². The zero-order valence-corrected chi connectivity index (χ0v) is 21.8. The Morgan fingerprint density at radius 3 is 1.23 bits per heavy atom. The van der Waals surface area contributed by atoms with Crippen molar-refractivity contribution in [3.63, 3.8) is 0 Å². The maximum atomic E-state index is 5.90. The van der Waals surface area contributed by atoms with Crippen molar-refractivity contribution in [2.45, 2.75) is 113 Å². The van der Waals surface area contributed by atoms with Crippen molar-refractivity contribution in [2.75, 3.05) is 6.54 Å². The van der Waals surface area contributed by atoms with Crippen LogP contribution in [0.25, 0.3) is 0 Å². The first-order chi connectivity index (χ1) is 14.7. The normalized spacial score (nSPS) is 13.4. The lowest BCUT2D eigenvalue weighted by molar-refractivity contribution is 0.880. The fourth-order valence-electron chi connectivity index (χ4n) is 3.44. The molecule has 0 amide bonds. The summed E-state index contributed by atoms with van der Waals surface area (Å²) in [4.78, 5) is 0. The Morgan fingerprint density at radius 1 is 0.452 bits per heavy atom. The molecule has 0 aliphatic heterocycles. The fraction of sp³-hybridized carbons (Fsp3) is 0.600. The molecule has 1 nitrogen and oxygen atoms in total. The van der Waals surface area contributed by atoms with Gasteiger partial charge >= 0.3 is 0 Å². The topological polar surface area (TPSA) is 26.0 Å². The minimum Gasteiger partial charge on any atom is -0.327 e. The number of hydrogen-bond acceptors (Lipinski definition) is 1. The van der Waals surface area contributed by atoms with Crippen LogP contribution in [0.5, 0.6) is 0 Å². The molecule has 0 heterocycles. The van der Waals surface area contributed by atoms with E-state index in [9.17, 15) is 0 Å². The summed E-state index contributed by atoms with van der Waals surface area (Å²) in [6, 6.07) is 0. The highest BCUT2D eigenvalue weighted by atomic mass is 14.5. The summed E-state index contributed by atoms with van der Waals surface area (Å²) in [7, 11) is 0. The largest absolute Gasteiger partial charge is 0.327 e. The van der Waals surface area contributed by atoms with Crippen LogP contribution in [0.15, 0.2) is 69.9 Å². The number of allylic oxidation sites excluding steroid dienone is 11. The molecule has 0 aromatic heterocycles. The molecular weight excluding hydrogens is 374 g/mol. The molecule has 31 heavy (non-hydrogen) atoms. The second kappa shape index (κ2) is 19.1. The first-order valence-electron chi connectivity index (χ1n) is 12.4. The van der Waals surface area contributed by atoms with Gasteiger partial charge in [-0.15, -0.1) is 0 Å². The van der Waals surface area contributed by atoms with Crippen molar-refractivity contribution in [3.05, 3.63) is 69.9 Å². The molecule has 0 saturated heterocycles. The maximum absolute atomic E-state index is 5.90. The summed E-state index contributed by atoms with van der Waals surface area (Å²) in [5.74, 6) is 0. The lowest BCUT2D eigenvalue weighted by Gasteiger charge is -2.04. The first kappa shape index (κ1) is 29.4. The molecule has 0 saturated carbocycles. The van der Waals surface area contributed by atoms with Crippen LogP contribution in [0.2, 0.25) is 0 Å². The third-order valence-corrected chi connectivity index (χ3v) is 5.53. The molecule has 0 atom stereocenters. The highest BCUT2D eigenvalue weighted by Gasteiger charge is 1.96. The van der Waals surface area contributed by atoms with Crippen molar-refractivity contribution in [2.24, 2.45) is 5.73 Å². The predicted molar refractivity (Wildman–Crippen MR) is 143 cm³/mol. The number of rotatable bonds is 16. The van der Waals surface area contributed by atoms with Crippen molar-refractivity contribution >= 4 is 0 Å². The Hall–Kier alpha value is -1.60. The summed E-state index contributed by atoms with van der Waals surface area (Å²) in [5.41, 5.74) is 14.6. The minimum atomic E-state index is 0.688. The molecule has 0 rings (SSSR count). The third kappa shape index (κ3) is 20.1. The zero-order valence-electron chi connectivity index (χ0n) is 21.8. The van der Waals surface area contributed by atoms with Gasteiger partial charge in [0.05, 0.1) is 0 Å². The second-order valence-corrected chi connectivity index (χ2v) is 9.51. The molecule has 0 fully saturated rings. The SMILES string of the molecule is CC(C)=CCC/C(=C/CCC(C)=CCC/C=C(\C)CC/C=C(\C)CCC=C(C)C)CN. The van der Waals surface area contributed by atoms with Gasteiger partial charge in [0.2, 0.25) is 0 Å². The molecule has 176 valence electrons. The Labute approximate surface area is 195 Å². The van der Waals surface area contributed by atoms with E-state index in [0.717, 1.165) is 38.5 Å². The van der Waals surface area contributed by atoms with Crippen LogP contribution in [0.3, 0.4) is 0 Å². The molecule has 0 aromatic carbocycles. The molecule has 0 aromatic rings. The predicted octanol–water partition coefficient (Wildman–Crippen LogP) is 9.54. The third-order valence-electron chi connectivity index (χ3n) is 5.53. The van der Waals surface area contributed by atoms with E-state index in [1.54, 1.807) is 0 Å². The van der Waals surface area contributed by atoms with Gasteiger partial charge in [0.25, 0.3) is 0 Å². The number of nitrogens with two attached hydrogens (primary N) is 1. The van der Waals surface area contributed by atoms with Crippen molar-refractivity contribution in [3.8, 4) is 0 Å². The van der Waals surface area contributed by atoms with Gasteiger partial charge in [-0.05, 0) is 113 Å². The smallest absolute Gasteiger partial charge is 0.0136 e. The van der Waals surface area contributed by atoms with E-state index in [4.69, 9.17) is 5.73 Å². The average molecular weight is 426 g/mol. The van der Waals surface area contributed by atoms with E-state index in [0.29, 0.717) is 6.54 Å². The molecule has 0 aliphatic carbocycles. The highest BCUT2D eigenvalue weighted by Crippen LogP contribution is 2.14. The summed E-state index contributed by atoms with van der Waals surface area (Å²) in [5, 5.41) is 0. The zero-order chi connectivity index (χ0) is 23.5. The average Bonchev–Trinajstić information content (AvgIpc) is 2.69. The summed E-state index contributed by atoms with van der Waals surface area (Å²) >= 11 is 0. The van der Waals surface area contributed by atoms with E-state index >= 15 is 0 Å². The van der Waals surface area contributed by atoms with Crippen molar-refractivity contribution in [1.82, 2.24) is 0 Å². The molecule has 0 bridgehead atoms.